The van der Waals surface area contributed by atoms with Gasteiger partial charge in [0.25, 0.3) is 0 Å². The van der Waals surface area contributed by atoms with Gasteiger partial charge in [-0.15, -0.1) is 0 Å². The number of nitrogens with one attached hydrogen (secondary N) is 1. The molecule has 0 amide bonds. The van der Waals surface area contributed by atoms with Gasteiger partial charge in [0, 0.05) is 44.6 Å². The largest absolute Gasteiger partial charge is 0.371 e. The molecule has 3 heterocycles. The summed E-state index contributed by atoms with van der Waals surface area (Å²) in [5.41, 5.74) is 7.01. The van der Waals surface area contributed by atoms with E-state index in [0.29, 0.717) is 12.2 Å². The molecule has 35 heavy (non-hydrogen) atoms. The summed E-state index contributed by atoms with van der Waals surface area (Å²) in [7, 11) is 0. The van der Waals surface area contributed by atoms with E-state index in [1.807, 2.05) is 0 Å². The number of hydrogen-bond acceptors (Lipinski definition) is 4. The highest BCUT2D eigenvalue weighted by Crippen LogP contribution is 2.36. The van der Waals surface area contributed by atoms with Gasteiger partial charge in [-0.3, -0.25) is 0 Å². The molecule has 2 aliphatic rings. The molecular weight excluding hydrogens is 434 g/mol. The Balaban J connectivity index is 1.32. The first-order chi connectivity index (χ1) is 17.3. The predicted octanol–water partition coefficient (Wildman–Crippen LogP) is 6.39. The van der Waals surface area contributed by atoms with Gasteiger partial charge >= 0.3 is 0 Å². The molecule has 5 heteroatoms. The lowest BCUT2D eigenvalue weighted by atomic mass is 10.1. The van der Waals surface area contributed by atoms with Crippen LogP contribution in [0.4, 0.5) is 22.7 Å². The fourth-order valence-electron chi connectivity index (χ4n) is 4.90. The maximum atomic E-state index is 5.58. The molecule has 2 saturated heterocycles. The van der Waals surface area contributed by atoms with Crippen molar-refractivity contribution in [2.24, 2.45) is 0 Å². The number of fused-ring (bicyclic) bond motifs is 3. The zero-order valence-corrected chi connectivity index (χ0v) is 19.4. The molecule has 5 nitrogen and oxygen atoms in total. The predicted molar refractivity (Wildman–Crippen MR) is 142 cm³/mol. The number of rotatable bonds is 8. The minimum Gasteiger partial charge on any atom is -0.371 e. The minimum absolute atomic E-state index is 0.296. The first kappa shape index (κ1) is 20.6. The second kappa shape index (κ2) is 8.45. The fourth-order valence-corrected chi connectivity index (χ4v) is 4.90. The second-order valence-electron chi connectivity index (χ2n) is 9.39. The van der Waals surface area contributed by atoms with Gasteiger partial charge in [-0.1, -0.05) is 36.4 Å². The number of aromatic nitrogens is 1. The van der Waals surface area contributed by atoms with Crippen LogP contribution in [0.1, 0.15) is 0 Å². The van der Waals surface area contributed by atoms with Crippen molar-refractivity contribution in [2.75, 3.05) is 36.1 Å². The molecule has 1 aromatic heterocycles. The van der Waals surface area contributed by atoms with Gasteiger partial charge in [0.1, 0.15) is 0 Å². The van der Waals surface area contributed by atoms with Crippen LogP contribution in [0.25, 0.3) is 21.8 Å². The summed E-state index contributed by atoms with van der Waals surface area (Å²) in [6, 6.07) is 34.6. The molecule has 174 valence electrons. The molecule has 2 atom stereocenters. The van der Waals surface area contributed by atoms with Crippen molar-refractivity contribution in [3.63, 3.8) is 0 Å². The standard InChI is InChI=1S/C30H27N3O2/c1-3-7-21(8-4-1)32(17-25-19-34-25)23-11-13-29-27(15-23)28-16-24(12-14-30(28)31-29)33(18-26-20-35-26)22-9-5-2-6-10-22/h1-16,25-26,31H,17-20H2. The molecule has 2 aliphatic heterocycles. The zero-order valence-electron chi connectivity index (χ0n) is 19.4. The van der Waals surface area contributed by atoms with Gasteiger partial charge in [-0.05, 0) is 60.7 Å². The van der Waals surface area contributed by atoms with Crippen molar-refractivity contribution in [3.05, 3.63) is 97.1 Å². The molecule has 5 aromatic rings. The van der Waals surface area contributed by atoms with Crippen molar-refractivity contribution in [1.82, 2.24) is 4.98 Å². The summed E-state index contributed by atoms with van der Waals surface area (Å²) >= 11 is 0. The van der Waals surface area contributed by atoms with Gasteiger partial charge in [-0.2, -0.15) is 0 Å². The summed E-state index contributed by atoms with van der Waals surface area (Å²) in [6.07, 6.45) is 0.592. The topological polar surface area (TPSA) is 47.3 Å². The zero-order chi connectivity index (χ0) is 23.2. The van der Waals surface area contributed by atoms with Crippen LogP contribution < -0.4 is 9.80 Å². The average Bonchev–Trinajstić information content (AvgIpc) is 3.85. The highest BCUT2D eigenvalue weighted by molar-refractivity contribution is 6.09. The number of anilines is 4. The molecule has 2 fully saturated rings. The molecule has 7 rings (SSSR count). The third-order valence-corrected chi connectivity index (χ3v) is 6.90. The van der Waals surface area contributed by atoms with Crippen LogP contribution in [0.2, 0.25) is 0 Å². The van der Waals surface area contributed by atoms with Crippen LogP contribution >= 0.6 is 0 Å². The Morgan fingerprint density at radius 2 is 1.00 bits per heavy atom. The summed E-state index contributed by atoms with van der Waals surface area (Å²) in [5, 5.41) is 2.46. The van der Waals surface area contributed by atoms with Gasteiger partial charge in [-0.25, -0.2) is 0 Å². The Morgan fingerprint density at radius 1 is 0.571 bits per heavy atom. The van der Waals surface area contributed by atoms with Crippen molar-refractivity contribution < 1.29 is 9.47 Å². The summed E-state index contributed by atoms with van der Waals surface area (Å²) in [6.45, 7) is 3.38. The van der Waals surface area contributed by atoms with Crippen molar-refractivity contribution >= 4 is 44.6 Å². The molecule has 0 bridgehead atoms. The van der Waals surface area contributed by atoms with E-state index in [-0.39, 0.29) is 0 Å². The monoisotopic (exact) mass is 461 g/mol. The number of epoxide rings is 2. The van der Waals surface area contributed by atoms with Gasteiger partial charge in [0.2, 0.25) is 0 Å². The second-order valence-corrected chi connectivity index (χ2v) is 9.39. The van der Waals surface area contributed by atoms with E-state index in [1.54, 1.807) is 0 Å². The van der Waals surface area contributed by atoms with Crippen molar-refractivity contribution in [1.29, 1.82) is 0 Å². The van der Waals surface area contributed by atoms with E-state index in [0.717, 1.165) is 37.3 Å². The normalized spacial score (nSPS) is 18.6. The van der Waals surface area contributed by atoms with Crippen molar-refractivity contribution in [2.45, 2.75) is 12.2 Å². The quantitative estimate of drug-likeness (QED) is 0.272. The van der Waals surface area contributed by atoms with Gasteiger partial charge in [0.05, 0.1) is 38.5 Å². The number of para-hydroxylation sites is 2. The highest BCUT2D eigenvalue weighted by atomic mass is 16.6. The van der Waals surface area contributed by atoms with E-state index < -0.39 is 0 Å². The van der Waals surface area contributed by atoms with Crippen LogP contribution in [0.3, 0.4) is 0 Å². The number of hydrogen-bond donors (Lipinski definition) is 1. The Labute approximate surface area is 204 Å². The maximum Gasteiger partial charge on any atom is 0.0988 e. The van der Waals surface area contributed by atoms with Crippen LogP contribution in [-0.4, -0.2) is 43.5 Å². The summed E-state index contributed by atoms with van der Waals surface area (Å²) < 4.78 is 11.2. The fraction of sp³-hybridized carbons (Fsp3) is 0.200. The van der Waals surface area contributed by atoms with Gasteiger partial charge in [0.15, 0.2) is 0 Å². The smallest absolute Gasteiger partial charge is 0.0988 e. The molecule has 2 unspecified atom stereocenters. The maximum absolute atomic E-state index is 5.58. The molecule has 4 aromatic carbocycles. The lowest BCUT2D eigenvalue weighted by molar-refractivity contribution is 0.411. The first-order valence-corrected chi connectivity index (χ1v) is 12.3. The molecular formula is C30H27N3O2. The number of ether oxygens (including phenoxy) is 2. The molecule has 0 spiro atoms. The van der Waals surface area contributed by atoms with Crippen molar-refractivity contribution in [3.8, 4) is 0 Å². The molecule has 1 N–H and O–H groups in total. The molecule has 0 radical (unpaired) electrons. The van der Waals surface area contributed by atoms with E-state index in [2.05, 4.69) is 112 Å². The van der Waals surface area contributed by atoms with Gasteiger partial charge < -0.3 is 24.3 Å². The first-order valence-electron chi connectivity index (χ1n) is 12.3. The Morgan fingerprint density at radius 3 is 1.40 bits per heavy atom. The summed E-state index contributed by atoms with van der Waals surface area (Å²) in [4.78, 5) is 8.33. The molecule has 0 aliphatic carbocycles. The van der Waals surface area contributed by atoms with E-state index >= 15 is 0 Å². The highest BCUT2D eigenvalue weighted by Gasteiger charge is 2.28. The van der Waals surface area contributed by atoms with Crippen LogP contribution in [-0.2, 0) is 9.47 Å². The lowest BCUT2D eigenvalue weighted by Crippen LogP contribution is -2.22. The number of H-pyrrole nitrogens is 1. The van der Waals surface area contributed by atoms with Crippen LogP contribution in [0.15, 0.2) is 97.1 Å². The van der Waals surface area contributed by atoms with E-state index in [1.165, 1.54) is 33.5 Å². The number of benzene rings is 4. The summed E-state index contributed by atoms with van der Waals surface area (Å²) in [5.74, 6) is 0. The lowest BCUT2D eigenvalue weighted by Gasteiger charge is -2.25. The number of nitrogens with zero attached hydrogens (tertiary/aromatic N) is 2. The van der Waals surface area contributed by atoms with Crippen LogP contribution in [0.5, 0.6) is 0 Å². The Hall–Kier alpha value is -3.80. The third kappa shape index (κ3) is 4.14. The Kier molecular flexibility index (Phi) is 4.96. The average molecular weight is 462 g/mol. The Bertz CT molecular complexity index is 1360. The minimum atomic E-state index is 0.296. The van der Waals surface area contributed by atoms with E-state index in [9.17, 15) is 0 Å². The molecule has 0 saturated carbocycles. The van der Waals surface area contributed by atoms with Crippen LogP contribution in [0, 0.1) is 0 Å². The SMILES string of the molecule is c1ccc(N(CC2CO2)c2ccc3[nH]c4ccc(N(CC5CO5)c5ccccc5)cc4c3c2)cc1. The van der Waals surface area contributed by atoms with E-state index in [4.69, 9.17) is 9.47 Å². The number of aromatic amines is 1. The third-order valence-electron chi connectivity index (χ3n) is 6.90.